The van der Waals surface area contributed by atoms with Gasteiger partial charge in [-0.15, -0.1) is 0 Å². The summed E-state index contributed by atoms with van der Waals surface area (Å²) in [5.74, 6) is -1.35. The Hall–Kier alpha value is -3.01. The summed E-state index contributed by atoms with van der Waals surface area (Å²) in [7, 11) is 0. The molecule has 1 N–H and O–H groups in total. The van der Waals surface area contributed by atoms with Gasteiger partial charge in [-0.25, -0.2) is 14.2 Å². The van der Waals surface area contributed by atoms with E-state index in [2.05, 4.69) is 4.98 Å². The fourth-order valence-corrected chi connectivity index (χ4v) is 2.24. The van der Waals surface area contributed by atoms with Gasteiger partial charge in [-0.1, -0.05) is 36.4 Å². The van der Waals surface area contributed by atoms with Gasteiger partial charge >= 0.3 is 5.97 Å². The molecule has 1 heterocycles. The minimum atomic E-state index is -1.01. The lowest BCUT2D eigenvalue weighted by atomic mass is 10.1. The van der Waals surface area contributed by atoms with Crippen molar-refractivity contribution in [1.29, 1.82) is 0 Å². The Labute approximate surface area is 126 Å². The van der Waals surface area contributed by atoms with Gasteiger partial charge in [0.2, 0.25) is 0 Å². The van der Waals surface area contributed by atoms with Crippen LogP contribution in [0.25, 0.3) is 23.1 Å². The first-order chi connectivity index (χ1) is 10.6. The lowest BCUT2D eigenvalue weighted by Gasteiger charge is -2.04. The summed E-state index contributed by atoms with van der Waals surface area (Å²) < 4.78 is 13.6. The SMILES string of the molecule is O=C(O)c1cc(C=Cc2ccccc2F)nc2ccccc12. The number of nitrogens with zero attached hydrogens (tertiary/aromatic N) is 1. The summed E-state index contributed by atoms with van der Waals surface area (Å²) in [6.45, 7) is 0. The number of hydrogen-bond donors (Lipinski definition) is 1. The molecule has 0 spiro atoms. The molecule has 3 aromatic rings. The van der Waals surface area contributed by atoms with E-state index in [1.807, 2.05) is 0 Å². The highest BCUT2D eigenvalue weighted by molar-refractivity contribution is 6.03. The van der Waals surface area contributed by atoms with Gasteiger partial charge in [-0.3, -0.25) is 0 Å². The largest absolute Gasteiger partial charge is 0.478 e. The monoisotopic (exact) mass is 293 g/mol. The molecule has 0 bridgehead atoms. The highest BCUT2D eigenvalue weighted by Crippen LogP contribution is 2.20. The van der Waals surface area contributed by atoms with Crippen molar-refractivity contribution < 1.29 is 14.3 Å². The molecule has 4 heteroatoms. The Morgan fingerprint density at radius 2 is 1.77 bits per heavy atom. The number of benzene rings is 2. The van der Waals surface area contributed by atoms with Crippen molar-refractivity contribution in [3.8, 4) is 0 Å². The number of aromatic carboxylic acids is 1. The van der Waals surface area contributed by atoms with E-state index in [4.69, 9.17) is 0 Å². The average Bonchev–Trinajstić information content (AvgIpc) is 2.53. The highest BCUT2D eigenvalue weighted by atomic mass is 19.1. The van der Waals surface area contributed by atoms with E-state index in [1.54, 1.807) is 54.6 Å². The molecule has 0 aliphatic heterocycles. The molecule has 0 aliphatic rings. The van der Waals surface area contributed by atoms with Crippen LogP contribution in [0.1, 0.15) is 21.6 Å². The van der Waals surface area contributed by atoms with Gasteiger partial charge < -0.3 is 5.11 Å². The second kappa shape index (κ2) is 5.77. The second-order valence-electron chi connectivity index (χ2n) is 4.77. The highest BCUT2D eigenvalue weighted by Gasteiger charge is 2.10. The summed E-state index contributed by atoms with van der Waals surface area (Å²) in [4.78, 5) is 15.8. The van der Waals surface area contributed by atoms with Crippen LogP contribution in [0.5, 0.6) is 0 Å². The molecular weight excluding hydrogens is 281 g/mol. The lowest BCUT2D eigenvalue weighted by Crippen LogP contribution is -2.00. The van der Waals surface area contributed by atoms with Crippen LogP contribution in [-0.2, 0) is 0 Å². The molecule has 1 aromatic heterocycles. The van der Waals surface area contributed by atoms with E-state index in [9.17, 15) is 14.3 Å². The van der Waals surface area contributed by atoms with Crippen molar-refractivity contribution in [3.05, 3.63) is 77.2 Å². The third-order valence-corrected chi connectivity index (χ3v) is 3.31. The summed E-state index contributed by atoms with van der Waals surface area (Å²) >= 11 is 0. The number of aromatic nitrogens is 1. The zero-order valence-electron chi connectivity index (χ0n) is 11.5. The van der Waals surface area contributed by atoms with Crippen LogP contribution < -0.4 is 0 Å². The predicted molar refractivity (Wildman–Crippen MR) is 84.0 cm³/mol. The number of rotatable bonds is 3. The molecule has 3 nitrogen and oxygen atoms in total. The zero-order valence-corrected chi connectivity index (χ0v) is 11.5. The van der Waals surface area contributed by atoms with Gasteiger partial charge in [-0.2, -0.15) is 0 Å². The van der Waals surface area contributed by atoms with Crippen LogP contribution in [0.4, 0.5) is 4.39 Å². The van der Waals surface area contributed by atoms with Crippen molar-refractivity contribution in [3.63, 3.8) is 0 Å². The Balaban J connectivity index is 2.08. The predicted octanol–water partition coefficient (Wildman–Crippen LogP) is 4.24. The van der Waals surface area contributed by atoms with E-state index in [-0.39, 0.29) is 11.4 Å². The van der Waals surface area contributed by atoms with E-state index < -0.39 is 5.97 Å². The molecule has 0 atom stereocenters. The molecule has 0 fully saturated rings. The first-order valence-corrected chi connectivity index (χ1v) is 6.71. The van der Waals surface area contributed by atoms with Gasteiger partial charge in [0.05, 0.1) is 16.8 Å². The van der Waals surface area contributed by atoms with E-state index in [1.165, 1.54) is 12.1 Å². The van der Waals surface area contributed by atoms with E-state index in [0.717, 1.165) is 0 Å². The number of carboxylic acids is 1. The molecule has 0 saturated carbocycles. The van der Waals surface area contributed by atoms with Crippen molar-refractivity contribution in [2.75, 3.05) is 0 Å². The van der Waals surface area contributed by atoms with E-state index >= 15 is 0 Å². The number of carboxylic acid groups (broad SMARTS) is 1. The molecule has 108 valence electrons. The maximum atomic E-state index is 13.6. The van der Waals surface area contributed by atoms with E-state index in [0.29, 0.717) is 22.2 Å². The van der Waals surface area contributed by atoms with Crippen LogP contribution in [0.2, 0.25) is 0 Å². The number of halogens is 1. The number of hydrogen-bond acceptors (Lipinski definition) is 2. The lowest BCUT2D eigenvalue weighted by molar-refractivity contribution is 0.0699. The first-order valence-electron chi connectivity index (χ1n) is 6.71. The van der Waals surface area contributed by atoms with Crippen LogP contribution in [0.15, 0.2) is 54.6 Å². The Morgan fingerprint density at radius 1 is 1.05 bits per heavy atom. The number of fused-ring (bicyclic) bond motifs is 1. The molecule has 0 radical (unpaired) electrons. The summed E-state index contributed by atoms with van der Waals surface area (Å²) in [5, 5.41) is 9.91. The first kappa shape index (κ1) is 13.9. The van der Waals surface area contributed by atoms with Crippen LogP contribution in [0, 0.1) is 5.82 Å². The smallest absolute Gasteiger partial charge is 0.336 e. The Kier molecular flexibility index (Phi) is 3.66. The standard InChI is InChI=1S/C18H12FNO2/c19-16-7-3-1-5-12(16)9-10-13-11-15(18(21)22)14-6-2-4-8-17(14)20-13/h1-11H,(H,21,22). The van der Waals surface area contributed by atoms with Crippen LogP contribution in [-0.4, -0.2) is 16.1 Å². The second-order valence-corrected chi connectivity index (χ2v) is 4.77. The van der Waals surface area contributed by atoms with Gasteiger partial charge in [0, 0.05) is 10.9 Å². The molecular formula is C18H12FNO2. The van der Waals surface area contributed by atoms with Gasteiger partial charge in [0.25, 0.3) is 0 Å². The molecule has 0 saturated heterocycles. The van der Waals surface area contributed by atoms with Crippen molar-refractivity contribution >= 4 is 29.0 Å². The summed E-state index contributed by atoms with van der Waals surface area (Å²) in [6.07, 6.45) is 3.19. The van der Waals surface area contributed by atoms with Gasteiger partial charge in [0.1, 0.15) is 5.82 Å². The zero-order chi connectivity index (χ0) is 15.5. The Morgan fingerprint density at radius 3 is 2.55 bits per heavy atom. The molecule has 0 amide bonds. The fourth-order valence-electron chi connectivity index (χ4n) is 2.24. The molecule has 0 aliphatic carbocycles. The quantitative estimate of drug-likeness (QED) is 0.785. The van der Waals surface area contributed by atoms with Crippen LogP contribution >= 0.6 is 0 Å². The fraction of sp³-hybridized carbons (Fsp3) is 0. The number of pyridine rings is 1. The van der Waals surface area contributed by atoms with Crippen molar-refractivity contribution in [2.24, 2.45) is 0 Å². The third kappa shape index (κ3) is 2.72. The van der Waals surface area contributed by atoms with Gasteiger partial charge in [0.15, 0.2) is 0 Å². The summed E-state index contributed by atoms with van der Waals surface area (Å²) in [5.41, 5.74) is 1.67. The summed E-state index contributed by atoms with van der Waals surface area (Å²) in [6, 6.07) is 14.9. The normalized spacial score (nSPS) is 11.1. The van der Waals surface area contributed by atoms with Crippen molar-refractivity contribution in [1.82, 2.24) is 4.98 Å². The Bertz CT molecular complexity index is 887. The number of para-hydroxylation sites is 1. The van der Waals surface area contributed by atoms with Crippen molar-refractivity contribution in [2.45, 2.75) is 0 Å². The number of carbonyl (C=O) groups is 1. The van der Waals surface area contributed by atoms with Gasteiger partial charge in [-0.05, 0) is 30.4 Å². The maximum Gasteiger partial charge on any atom is 0.336 e. The van der Waals surface area contributed by atoms with Crippen LogP contribution in [0.3, 0.4) is 0 Å². The topological polar surface area (TPSA) is 50.2 Å². The minimum Gasteiger partial charge on any atom is -0.478 e. The molecule has 0 unspecified atom stereocenters. The minimum absolute atomic E-state index is 0.179. The maximum absolute atomic E-state index is 13.6. The molecule has 2 aromatic carbocycles. The molecule has 3 rings (SSSR count). The molecule has 22 heavy (non-hydrogen) atoms. The third-order valence-electron chi connectivity index (χ3n) is 3.31. The average molecular weight is 293 g/mol.